The zero-order chi connectivity index (χ0) is 23.4. The van der Waals surface area contributed by atoms with E-state index in [2.05, 4.69) is 9.71 Å². The Morgan fingerprint density at radius 3 is 2.21 bits per heavy atom. The normalized spacial score (nSPS) is 17.4. The first-order valence-electron chi connectivity index (χ1n) is 9.84. The largest absolute Gasteiger partial charge is 0.326 e. The van der Waals surface area contributed by atoms with Gasteiger partial charge >= 0.3 is 0 Å². The lowest BCUT2D eigenvalue weighted by molar-refractivity contribution is -0.121. The maximum atomic E-state index is 13.2. The number of benzene rings is 3. The lowest BCUT2D eigenvalue weighted by atomic mass is 10.2. The quantitative estimate of drug-likeness (QED) is 0.571. The first-order valence-corrected chi connectivity index (χ1v) is 12.2. The number of thioether (sulfide) groups is 1. The summed E-state index contributed by atoms with van der Waals surface area (Å²) in [6.07, 6.45) is -0.169. The van der Waals surface area contributed by atoms with Gasteiger partial charge in [-0.3, -0.25) is 14.5 Å². The topological polar surface area (TPSA) is 95.9 Å². The number of amides is 2. The van der Waals surface area contributed by atoms with Crippen LogP contribution in [-0.4, -0.2) is 30.6 Å². The van der Waals surface area contributed by atoms with Crippen LogP contribution >= 0.6 is 11.8 Å². The van der Waals surface area contributed by atoms with Gasteiger partial charge in [0.2, 0.25) is 11.8 Å². The minimum Gasteiger partial charge on any atom is -0.326 e. The van der Waals surface area contributed by atoms with Crippen molar-refractivity contribution in [1.82, 2.24) is 0 Å². The molecule has 1 aliphatic rings. The van der Waals surface area contributed by atoms with Gasteiger partial charge in [-0.05, 0) is 48.5 Å². The number of para-hydroxylation sites is 2. The van der Waals surface area contributed by atoms with Crippen molar-refractivity contribution >= 4 is 50.1 Å². The number of halogens is 1. The molecular weight excluding hydrogens is 465 g/mol. The molecule has 1 fully saturated rings. The average Bonchev–Trinajstić information content (AvgIpc) is 3.09. The molecule has 0 saturated carbocycles. The summed E-state index contributed by atoms with van der Waals surface area (Å²) in [4.78, 5) is 26.7. The van der Waals surface area contributed by atoms with Gasteiger partial charge in [-0.25, -0.2) is 4.39 Å². The van der Waals surface area contributed by atoms with E-state index >= 15 is 0 Å². The molecule has 0 radical (unpaired) electrons. The number of amidine groups is 1. The number of anilines is 2. The standard InChI is InChI=1S/C23H18FN3O4S2/c24-16-11-13-19(14-12-16)33(30,31)26-23-27(18-9-5-2-6-10-18)22(29)20(32-23)15-21(28)25-17-7-3-1-4-8-17/h1-14,20H,15H2,(H,25,28)/t20-/m1/s1. The Kier molecular flexibility index (Phi) is 6.57. The van der Waals surface area contributed by atoms with Crippen LogP contribution in [0, 0.1) is 5.82 Å². The van der Waals surface area contributed by atoms with E-state index < -0.39 is 27.0 Å². The third-order valence-corrected chi connectivity index (χ3v) is 7.22. The number of carbonyl (C=O) groups is 2. The molecule has 1 atom stereocenters. The van der Waals surface area contributed by atoms with Gasteiger partial charge in [-0.1, -0.05) is 48.2 Å². The van der Waals surface area contributed by atoms with Crippen LogP contribution < -0.4 is 10.2 Å². The van der Waals surface area contributed by atoms with Crippen LogP contribution in [0.25, 0.3) is 0 Å². The minimum absolute atomic E-state index is 0.0759. The fraction of sp³-hybridized carbons (Fsp3) is 0.0870. The second-order valence-electron chi connectivity index (χ2n) is 7.04. The second kappa shape index (κ2) is 9.55. The summed E-state index contributed by atoms with van der Waals surface area (Å²) in [5.74, 6) is -1.42. The van der Waals surface area contributed by atoms with Gasteiger partial charge in [-0.2, -0.15) is 8.42 Å². The minimum atomic E-state index is -4.22. The molecule has 0 unspecified atom stereocenters. The first-order chi connectivity index (χ1) is 15.8. The van der Waals surface area contributed by atoms with Crippen LogP contribution in [0.1, 0.15) is 6.42 Å². The van der Waals surface area contributed by atoms with Crippen LogP contribution in [0.4, 0.5) is 15.8 Å². The van der Waals surface area contributed by atoms with Gasteiger partial charge in [-0.15, -0.1) is 4.40 Å². The van der Waals surface area contributed by atoms with Crippen molar-refractivity contribution in [3.05, 3.63) is 90.7 Å². The molecule has 3 aromatic rings. The second-order valence-corrected chi connectivity index (χ2v) is 9.81. The van der Waals surface area contributed by atoms with Crippen molar-refractivity contribution in [3.8, 4) is 0 Å². The number of sulfonamides is 1. The number of nitrogens with one attached hydrogen (secondary N) is 1. The number of hydrogen-bond donors (Lipinski definition) is 1. The molecule has 0 aliphatic carbocycles. The molecule has 1 aliphatic heterocycles. The van der Waals surface area contributed by atoms with E-state index in [4.69, 9.17) is 0 Å². The monoisotopic (exact) mass is 483 g/mol. The van der Waals surface area contributed by atoms with Gasteiger partial charge in [0.15, 0.2) is 5.17 Å². The lowest BCUT2D eigenvalue weighted by Crippen LogP contribution is -2.33. The summed E-state index contributed by atoms with van der Waals surface area (Å²) < 4.78 is 42.7. The molecule has 1 saturated heterocycles. The van der Waals surface area contributed by atoms with Crippen molar-refractivity contribution in [2.75, 3.05) is 10.2 Å². The molecule has 4 rings (SSSR count). The van der Waals surface area contributed by atoms with Crippen LogP contribution in [0.15, 0.2) is 94.2 Å². The summed E-state index contributed by atoms with van der Waals surface area (Å²) in [7, 11) is -4.22. The Balaban J connectivity index is 1.63. The molecule has 10 heteroatoms. The van der Waals surface area contributed by atoms with Gasteiger partial charge < -0.3 is 5.32 Å². The van der Waals surface area contributed by atoms with Crippen molar-refractivity contribution in [2.45, 2.75) is 16.6 Å². The summed E-state index contributed by atoms with van der Waals surface area (Å²) in [5, 5.41) is 1.78. The highest BCUT2D eigenvalue weighted by atomic mass is 32.2. The molecule has 1 heterocycles. The fourth-order valence-corrected chi connectivity index (χ4v) is 5.47. The Morgan fingerprint density at radius 1 is 0.970 bits per heavy atom. The Morgan fingerprint density at radius 2 is 1.58 bits per heavy atom. The zero-order valence-electron chi connectivity index (χ0n) is 17.1. The molecule has 7 nitrogen and oxygen atoms in total. The summed E-state index contributed by atoms with van der Waals surface area (Å²) in [5.41, 5.74) is 1.01. The Bertz CT molecular complexity index is 1300. The van der Waals surface area contributed by atoms with Gasteiger partial charge in [0.1, 0.15) is 11.1 Å². The van der Waals surface area contributed by atoms with E-state index in [-0.39, 0.29) is 22.4 Å². The molecule has 0 spiro atoms. The van der Waals surface area contributed by atoms with Gasteiger partial charge in [0, 0.05) is 12.1 Å². The molecule has 168 valence electrons. The zero-order valence-corrected chi connectivity index (χ0v) is 18.7. The lowest BCUT2D eigenvalue weighted by Gasteiger charge is -2.16. The van der Waals surface area contributed by atoms with Crippen LogP contribution in [0.2, 0.25) is 0 Å². The van der Waals surface area contributed by atoms with Crippen molar-refractivity contribution < 1.29 is 22.4 Å². The fourth-order valence-electron chi connectivity index (χ4n) is 3.14. The highest BCUT2D eigenvalue weighted by molar-refractivity contribution is 8.16. The average molecular weight is 484 g/mol. The SMILES string of the molecule is O=C(C[C@H]1SC(=NS(=O)(=O)c2ccc(F)cc2)N(c2ccccc2)C1=O)Nc1ccccc1. The van der Waals surface area contributed by atoms with Crippen molar-refractivity contribution in [1.29, 1.82) is 0 Å². The summed E-state index contributed by atoms with van der Waals surface area (Å²) in [6.45, 7) is 0. The highest BCUT2D eigenvalue weighted by Crippen LogP contribution is 2.35. The molecule has 0 bridgehead atoms. The first kappa shape index (κ1) is 22.7. The molecular formula is C23H18FN3O4S2. The van der Waals surface area contributed by atoms with Crippen LogP contribution in [0.3, 0.4) is 0 Å². The Labute approximate surface area is 194 Å². The summed E-state index contributed by atoms with van der Waals surface area (Å²) in [6, 6.07) is 21.5. The summed E-state index contributed by atoms with van der Waals surface area (Å²) >= 11 is 0.898. The maximum Gasteiger partial charge on any atom is 0.284 e. The predicted octanol–water partition coefficient (Wildman–Crippen LogP) is 4.05. The van der Waals surface area contributed by atoms with E-state index in [9.17, 15) is 22.4 Å². The number of rotatable bonds is 6. The molecule has 3 aromatic carbocycles. The molecule has 0 aromatic heterocycles. The van der Waals surface area contributed by atoms with Gasteiger partial charge in [0.25, 0.3) is 10.0 Å². The van der Waals surface area contributed by atoms with Gasteiger partial charge in [0.05, 0.1) is 10.6 Å². The van der Waals surface area contributed by atoms with Crippen molar-refractivity contribution in [2.24, 2.45) is 4.40 Å². The third kappa shape index (κ3) is 5.29. The predicted molar refractivity (Wildman–Crippen MR) is 126 cm³/mol. The van der Waals surface area contributed by atoms with E-state index in [1.54, 1.807) is 54.6 Å². The van der Waals surface area contributed by atoms with Crippen LogP contribution in [0.5, 0.6) is 0 Å². The smallest absolute Gasteiger partial charge is 0.284 e. The molecule has 2 amide bonds. The number of carbonyl (C=O) groups excluding carboxylic acids is 2. The van der Waals surface area contributed by atoms with E-state index in [1.165, 1.54) is 4.90 Å². The maximum absolute atomic E-state index is 13.2. The highest BCUT2D eigenvalue weighted by Gasteiger charge is 2.41. The van der Waals surface area contributed by atoms with E-state index in [0.717, 1.165) is 36.0 Å². The molecule has 33 heavy (non-hydrogen) atoms. The third-order valence-electron chi connectivity index (χ3n) is 4.69. The number of nitrogens with zero attached hydrogens (tertiary/aromatic N) is 2. The molecule has 1 N–H and O–H groups in total. The van der Waals surface area contributed by atoms with Crippen LogP contribution in [-0.2, 0) is 19.6 Å². The Hall–Kier alpha value is -3.50. The van der Waals surface area contributed by atoms with Crippen molar-refractivity contribution in [3.63, 3.8) is 0 Å². The number of hydrogen-bond acceptors (Lipinski definition) is 5. The van der Waals surface area contributed by atoms with E-state index in [0.29, 0.717) is 11.4 Å². The van der Waals surface area contributed by atoms with E-state index in [1.807, 2.05) is 6.07 Å².